The fourth-order valence-electron chi connectivity index (χ4n) is 3.51. The fraction of sp³-hybridized carbons (Fsp3) is 0.667. The Balaban J connectivity index is 2.26. The van der Waals surface area contributed by atoms with Crippen LogP contribution in [0.25, 0.3) is 0 Å². The number of ether oxygens (including phenoxy) is 1. The Morgan fingerprint density at radius 3 is 2.81 bits per heavy atom. The van der Waals surface area contributed by atoms with Crippen molar-refractivity contribution in [2.24, 2.45) is 11.3 Å². The molecule has 1 aliphatic rings. The molecule has 0 bridgehead atoms. The first kappa shape index (κ1) is 16.6. The second-order valence-electron chi connectivity index (χ2n) is 6.98. The highest BCUT2D eigenvalue weighted by Crippen LogP contribution is 2.47. The largest absolute Gasteiger partial charge is 0.495 e. The Labute approximate surface area is 134 Å². The van der Waals surface area contributed by atoms with E-state index in [2.05, 4.69) is 38.2 Å². The van der Waals surface area contributed by atoms with Crippen molar-refractivity contribution >= 4 is 11.6 Å². The summed E-state index contributed by atoms with van der Waals surface area (Å²) in [6.07, 6.45) is 3.83. The van der Waals surface area contributed by atoms with Crippen LogP contribution < -0.4 is 10.1 Å². The van der Waals surface area contributed by atoms with Gasteiger partial charge in [-0.15, -0.1) is 0 Å². The van der Waals surface area contributed by atoms with E-state index in [-0.39, 0.29) is 0 Å². The average Bonchev–Trinajstić information content (AvgIpc) is 2.46. The summed E-state index contributed by atoms with van der Waals surface area (Å²) in [6.45, 7) is 9.08. The van der Waals surface area contributed by atoms with Crippen molar-refractivity contribution in [3.63, 3.8) is 0 Å². The van der Waals surface area contributed by atoms with E-state index in [1.54, 1.807) is 7.11 Å². The molecule has 0 saturated heterocycles. The molecule has 1 aromatic carbocycles. The van der Waals surface area contributed by atoms with Gasteiger partial charge in [-0.05, 0) is 67.3 Å². The third-order valence-corrected chi connectivity index (χ3v) is 5.11. The third-order valence-electron chi connectivity index (χ3n) is 4.79. The van der Waals surface area contributed by atoms with Crippen LogP contribution in [0, 0.1) is 11.3 Å². The molecule has 0 aliphatic heterocycles. The van der Waals surface area contributed by atoms with E-state index in [9.17, 15) is 0 Å². The first-order valence-corrected chi connectivity index (χ1v) is 8.39. The van der Waals surface area contributed by atoms with Crippen molar-refractivity contribution in [1.82, 2.24) is 5.32 Å². The lowest BCUT2D eigenvalue weighted by Crippen LogP contribution is -2.34. The maximum atomic E-state index is 6.17. The van der Waals surface area contributed by atoms with E-state index >= 15 is 0 Å². The van der Waals surface area contributed by atoms with Gasteiger partial charge < -0.3 is 10.1 Å². The number of halogens is 1. The van der Waals surface area contributed by atoms with E-state index in [4.69, 9.17) is 16.3 Å². The average molecular weight is 310 g/mol. The molecule has 0 radical (unpaired) electrons. The van der Waals surface area contributed by atoms with Crippen molar-refractivity contribution in [3.05, 3.63) is 28.8 Å². The Kier molecular flexibility index (Phi) is 5.56. The molecular weight excluding hydrogens is 282 g/mol. The second kappa shape index (κ2) is 7.02. The van der Waals surface area contributed by atoms with Crippen molar-refractivity contribution in [3.8, 4) is 5.75 Å². The highest BCUT2D eigenvalue weighted by molar-refractivity contribution is 6.32. The number of hydrogen-bond donors (Lipinski definition) is 1. The quantitative estimate of drug-likeness (QED) is 0.838. The zero-order chi connectivity index (χ0) is 15.5. The van der Waals surface area contributed by atoms with Gasteiger partial charge >= 0.3 is 0 Å². The topological polar surface area (TPSA) is 21.3 Å². The zero-order valence-electron chi connectivity index (χ0n) is 13.7. The van der Waals surface area contributed by atoms with Gasteiger partial charge in [0.1, 0.15) is 5.75 Å². The molecule has 2 rings (SSSR count). The first-order valence-electron chi connectivity index (χ1n) is 8.01. The predicted molar refractivity (Wildman–Crippen MR) is 90.4 cm³/mol. The molecule has 0 amide bonds. The molecule has 1 fully saturated rings. The van der Waals surface area contributed by atoms with Gasteiger partial charge in [-0.1, -0.05) is 38.4 Å². The maximum Gasteiger partial charge on any atom is 0.137 e. The molecule has 1 saturated carbocycles. The normalized spacial score (nSPS) is 24.8. The molecule has 1 aliphatic carbocycles. The first-order chi connectivity index (χ1) is 9.96. The lowest BCUT2D eigenvalue weighted by Gasteiger charge is -2.41. The van der Waals surface area contributed by atoms with Gasteiger partial charge in [-0.25, -0.2) is 0 Å². The van der Waals surface area contributed by atoms with Gasteiger partial charge in [0.2, 0.25) is 0 Å². The monoisotopic (exact) mass is 309 g/mol. The SMILES string of the molecule is CCNCC1CCC(C)(C)CC1c1ccc(Cl)c(OC)c1. The minimum absolute atomic E-state index is 0.417. The molecule has 1 aromatic rings. The summed E-state index contributed by atoms with van der Waals surface area (Å²) in [5, 5.41) is 4.22. The predicted octanol–water partition coefficient (Wildman–Crippen LogP) is 4.87. The second-order valence-corrected chi connectivity index (χ2v) is 7.38. The van der Waals surface area contributed by atoms with Crippen LogP contribution in [0.3, 0.4) is 0 Å². The van der Waals surface area contributed by atoms with E-state index in [0.29, 0.717) is 22.3 Å². The summed E-state index contributed by atoms with van der Waals surface area (Å²) in [4.78, 5) is 0. The van der Waals surface area contributed by atoms with E-state index in [1.807, 2.05) is 6.07 Å². The van der Waals surface area contributed by atoms with E-state index < -0.39 is 0 Å². The molecule has 0 heterocycles. The van der Waals surface area contributed by atoms with Gasteiger partial charge in [-0.3, -0.25) is 0 Å². The molecule has 0 aromatic heterocycles. The fourth-order valence-corrected chi connectivity index (χ4v) is 3.71. The highest BCUT2D eigenvalue weighted by Gasteiger charge is 2.35. The lowest BCUT2D eigenvalue weighted by atomic mass is 9.65. The molecule has 2 unspecified atom stereocenters. The van der Waals surface area contributed by atoms with Gasteiger partial charge in [0, 0.05) is 0 Å². The summed E-state index contributed by atoms with van der Waals surface area (Å²) >= 11 is 6.17. The smallest absolute Gasteiger partial charge is 0.137 e. The van der Waals surface area contributed by atoms with Crippen LogP contribution in [0.2, 0.25) is 5.02 Å². The molecule has 118 valence electrons. The summed E-state index contributed by atoms with van der Waals surface area (Å²) < 4.78 is 5.40. The van der Waals surface area contributed by atoms with Crippen LogP contribution in [0.15, 0.2) is 18.2 Å². The molecule has 2 atom stereocenters. The standard InChI is InChI=1S/C18H28ClNO/c1-5-20-12-14-8-9-18(2,3)11-15(14)13-6-7-16(19)17(10-13)21-4/h6-7,10,14-15,20H,5,8-9,11-12H2,1-4H3. The van der Waals surface area contributed by atoms with Crippen molar-refractivity contribution < 1.29 is 4.74 Å². The van der Waals surface area contributed by atoms with Crippen molar-refractivity contribution in [2.45, 2.75) is 46.0 Å². The van der Waals surface area contributed by atoms with Crippen LogP contribution in [0.1, 0.15) is 51.5 Å². The maximum absolute atomic E-state index is 6.17. The number of methoxy groups -OCH3 is 1. The van der Waals surface area contributed by atoms with Crippen LogP contribution in [-0.2, 0) is 0 Å². The van der Waals surface area contributed by atoms with E-state index in [1.165, 1.54) is 24.8 Å². The number of rotatable bonds is 5. The Morgan fingerprint density at radius 1 is 1.38 bits per heavy atom. The molecular formula is C18H28ClNO. The summed E-state index contributed by atoms with van der Waals surface area (Å²) in [5.41, 5.74) is 1.78. The van der Waals surface area contributed by atoms with Crippen molar-refractivity contribution in [2.75, 3.05) is 20.2 Å². The Bertz CT molecular complexity index is 472. The van der Waals surface area contributed by atoms with E-state index in [0.717, 1.165) is 18.8 Å². The summed E-state index contributed by atoms with van der Waals surface area (Å²) in [7, 11) is 1.69. The van der Waals surface area contributed by atoms with Gasteiger partial charge in [-0.2, -0.15) is 0 Å². The number of benzene rings is 1. The van der Waals surface area contributed by atoms with Gasteiger partial charge in [0.05, 0.1) is 12.1 Å². The molecule has 1 N–H and O–H groups in total. The third kappa shape index (κ3) is 4.14. The highest BCUT2D eigenvalue weighted by atomic mass is 35.5. The summed E-state index contributed by atoms with van der Waals surface area (Å²) in [6, 6.07) is 6.28. The molecule has 3 heteroatoms. The van der Waals surface area contributed by atoms with Crippen LogP contribution in [-0.4, -0.2) is 20.2 Å². The van der Waals surface area contributed by atoms with Crippen molar-refractivity contribution in [1.29, 1.82) is 0 Å². The van der Waals surface area contributed by atoms with Crippen LogP contribution in [0.4, 0.5) is 0 Å². The van der Waals surface area contributed by atoms with Gasteiger partial charge in [0.25, 0.3) is 0 Å². The molecule has 21 heavy (non-hydrogen) atoms. The number of nitrogens with one attached hydrogen (secondary N) is 1. The molecule has 0 spiro atoms. The van der Waals surface area contributed by atoms with Crippen LogP contribution in [0.5, 0.6) is 5.75 Å². The lowest BCUT2D eigenvalue weighted by molar-refractivity contribution is 0.160. The van der Waals surface area contributed by atoms with Crippen LogP contribution >= 0.6 is 11.6 Å². The number of hydrogen-bond acceptors (Lipinski definition) is 2. The summed E-state index contributed by atoms with van der Waals surface area (Å²) in [5.74, 6) is 2.07. The molecule has 2 nitrogen and oxygen atoms in total. The Hall–Kier alpha value is -0.730. The van der Waals surface area contributed by atoms with Gasteiger partial charge in [0.15, 0.2) is 0 Å². The minimum Gasteiger partial charge on any atom is -0.495 e. The minimum atomic E-state index is 0.417. The zero-order valence-corrected chi connectivity index (χ0v) is 14.5. The Morgan fingerprint density at radius 2 is 2.14 bits per heavy atom.